The van der Waals surface area contributed by atoms with Crippen LogP contribution in [-0.2, 0) is 21.2 Å². The van der Waals surface area contributed by atoms with Crippen LogP contribution in [-0.4, -0.2) is 30.6 Å². The lowest BCUT2D eigenvalue weighted by Gasteiger charge is -2.19. The molecule has 3 aromatic carbocycles. The summed E-state index contributed by atoms with van der Waals surface area (Å²) in [5.74, 6) is 0. The highest BCUT2D eigenvalue weighted by atomic mass is 35.5. The zero-order chi connectivity index (χ0) is 25.5. The molecule has 184 valence electrons. The number of nitrogens with two attached hydrogens (primary N) is 1. The third-order valence-corrected chi connectivity index (χ3v) is 7.47. The van der Waals surface area contributed by atoms with Crippen LogP contribution < -0.4 is 11.1 Å². The van der Waals surface area contributed by atoms with Crippen molar-refractivity contribution in [2.45, 2.75) is 44.6 Å². The maximum absolute atomic E-state index is 13.9. The van der Waals surface area contributed by atoms with Gasteiger partial charge in [0.1, 0.15) is 5.60 Å². The number of nitrogens with zero attached hydrogens (tertiary/aromatic N) is 1. The van der Waals surface area contributed by atoms with Crippen LogP contribution in [0.25, 0.3) is 21.8 Å². The van der Waals surface area contributed by atoms with Gasteiger partial charge in [0.15, 0.2) is 0 Å². The molecule has 0 spiro atoms. The largest absolute Gasteiger partial charge is 0.444 e. The summed E-state index contributed by atoms with van der Waals surface area (Å²) in [6.45, 7) is 7.49. The second-order valence-electron chi connectivity index (χ2n) is 9.50. The number of amides is 1. The van der Waals surface area contributed by atoms with E-state index < -0.39 is 21.7 Å². The third-order valence-electron chi connectivity index (χ3n) is 5.50. The van der Waals surface area contributed by atoms with Gasteiger partial charge in [0.25, 0.3) is 10.0 Å². The molecule has 0 bridgehead atoms. The van der Waals surface area contributed by atoms with Crippen LogP contribution >= 0.6 is 11.6 Å². The summed E-state index contributed by atoms with van der Waals surface area (Å²) >= 11 is 6.28. The number of aromatic nitrogens is 1. The Morgan fingerprint density at radius 3 is 2.40 bits per heavy atom. The van der Waals surface area contributed by atoms with Gasteiger partial charge < -0.3 is 15.8 Å². The second-order valence-corrected chi connectivity index (χ2v) is 11.7. The van der Waals surface area contributed by atoms with Crippen molar-refractivity contribution in [1.29, 1.82) is 0 Å². The molecule has 0 saturated heterocycles. The first kappa shape index (κ1) is 24.9. The number of ether oxygens (including phenoxy) is 1. The molecule has 1 amide bonds. The first-order valence-electron chi connectivity index (χ1n) is 11.2. The van der Waals surface area contributed by atoms with Crippen molar-refractivity contribution in [2.75, 3.05) is 12.3 Å². The predicted molar refractivity (Wildman–Crippen MR) is 141 cm³/mol. The van der Waals surface area contributed by atoms with E-state index in [9.17, 15) is 13.2 Å². The number of nitrogens with one attached hydrogen (secondary N) is 1. The van der Waals surface area contributed by atoms with E-state index in [1.165, 1.54) is 3.97 Å². The van der Waals surface area contributed by atoms with Crippen LogP contribution in [0.15, 0.2) is 59.5 Å². The molecule has 0 fully saturated rings. The van der Waals surface area contributed by atoms with Crippen molar-refractivity contribution in [2.24, 2.45) is 0 Å². The van der Waals surface area contributed by atoms with Crippen LogP contribution in [0.1, 0.15) is 31.9 Å². The molecule has 7 nitrogen and oxygen atoms in total. The Kier molecular flexibility index (Phi) is 6.46. The monoisotopic (exact) mass is 513 g/mol. The van der Waals surface area contributed by atoms with E-state index in [1.807, 2.05) is 6.92 Å². The Labute approximate surface area is 209 Å². The number of hydrogen-bond donors (Lipinski definition) is 2. The van der Waals surface area contributed by atoms with Gasteiger partial charge in [-0.3, -0.25) is 0 Å². The van der Waals surface area contributed by atoms with Crippen LogP contribution in [0.3, 0.4) is 0 Å². The summed E-state index contributed by atoms with van der Waals surface area (Å²) in [6.07, 6.45) is -0.203. The van der Waals surface area contributed by atoms with Crippen molar-refractivity contribution in [3.63, 3.8) is 0 Å². The van der Waals surface area contributed by atoms with Gasteiger partial charge in [0.2, 0.25) is 0 Å². The molecule has 0 atom stereocenters. The number of halogens is 1. The number of anilines is 1. The van der Waals surface area contributed by atoms with Crippen molar-refractivity contribution < 1.29 is 17.9 Å². The van der Waals surface area contributed by atoms with Gasteiger partial charge in [-0.25, -0.2) is 17.2 Å². The number of carbonyl (C=O) groups excluding carboxylic acids is 1. The number of nitrogen functional groups attached to an aromatic ring is 1. The third kappa shape index (κ3) is 5.09. The number of rotatable bonds is 5. The SMILES string of the molecule is Cc1ccc(S(=O)(=O)n2c3ccc(Cl)cc3c3cc(N)cc(CCNC(=O)OC(C)(C)C)c32)cc1. The van der Waals surface area contributed by atoms with Crippen LogP contribution in [0.2, 0.25) is 5.02 Å². The first-order valence-corrected chi connectivity index (χ1v) is 13.0. The van der Waals surface area contributed by atoms with E-state index in [2.05, 4.69) is 5.32 Å². The molecule has 0 aliphatic carbocycles. The van der Waals surface area contributed by atoms with Gasteiger partial charge in [-0.1, -0.05) is 29.3 Å². The van der Waals surface area contributed by atoms with E-state index in [4.69, 9.17) is 22.1 Å². The summed E-state index contributed by atoms with van der Waals surface area (Å²) in [5.41, 5.74) is 8.71. The minimum atomic E-state index is -3.96. The molecule has 4 rings (SSSR count). The molecular weight excluding hydrogens is 486 g/mol. The zero-order valence-corrected chi connectivity index (χ0v) is 21.6. The molecule has 9 heteroatoms. The lowest BCUT2D eigenvalue weighted by atomic mass is 10.1. The van der Waals surface area contributed by atoms with E-state index in [0.29, 0.717) is 44.5 Å². The summed E-state index contributed by atoms with van der Waals surface area (Å²) in [6, 6.07) is 15.3. The Balaban J connectivity index is 1.88. The zero-order valence-electron chi connectivity index (χ0n) is 20.1. The number of hydrogen-bond acceptors (Lipinski definition) is 5. The van der Waals surface area contributed by atoms with E-state index in [0.717, 1.165) is 5.56 Å². The van der Waals surface area contributed by atoms with Gasteiger partial charge in [0, 0.05) is 28.0 Å². The average molecular weight is 514 g/mol. The fraction of sp³-hybridized carbons (Fsp3) is 0.269. The summed E-state index contributed by atoms with van der Waals surface area (Å²) < 4.78 is 34.5. The molecule has 3 N–H and O–H groups in total. The highest BCUT2D eigenvalue weighted by Gasteiger charge is 2.26. The van der Waals surface area contributed by atoms with Crippen molar-refractivity contribution in [1.82, 2.24) is 9.29 Å². The molecule has 0 aliphatic heterocycles. The molecule has 0 aliphatic rings. The van der Waals surface area contributed by atoms with Crippen LogP contribution in [0.5, 0.6) is 0 Å². The molecule has 0 unspecified atom stereocenters. The molecular formula is C26H28ClN3O4S. The number of fused-ring (bicyclic) bond motifs is 3. The van der Waals surface area contributed by atoms with Gasteiger partial charge in [-0.05, 0) is 82.1 Å². The van der Waals surface area contributed by atoms with E-state index in [-0.39, 0.29) is 11.4 Å². The van der Waals surface area contributed by atoms with Crippen molar-refractivity contribution in [3.05, 3.63) is 70.7 Å². The Morgan fingerprint density at radius 1 is 1.06 bits per heavy atom. The van der Waals surface area contributed by atoms with Gasteiger partial charge in [0.05, 0.1) is 15.9 Å². The lowest BCUT2D eigenvalue weighted by molar-refractivity contribution is 0.0528. The topological polar surface area (TPSA) is 103 Å². The molecule has 35 heavy (non-hydrogen) atoms. The smallest absolute Gasteiger partial charge is 0.407 e. The lowest BCUT2D eigenvalue weighted by Crippen LogP contribution is -2.33. The number of alkyl carbamates (subject to hydrolysis) is 1. The molecule has 1 aromatic heterocycles. The molecule has 1 heterocycles. The standard InChI is InChI=1S/C26H28ClN3O4S/c1-16-5-8-20(9-6-16)35(32,33)30-23-10-7-18(27)14-21(23)22-15-19(28)13-17(24(22)30)11-12-29-25(31)34-26(2,3)4/h5-10,13-15H,11-12,28H2,1-4H3,(H,29,31). The van der Waals surface area contributed by atoms with E-state index in [1.54, 1.807) is 75.4 Å². The quantitative estimate of drug-likeness (QED) is 0.336. The Bertz CT molecular complexity index is 1540. The maximum atomic E-state index is 13.9. The number of benzene rings is 3. The molecule has 0 radical (unpaired) electrons. The maximum Gasteiger partial charge on any atom is 0.407 e. The fourth-order valence-electron chi connectivity index (χ4n) is 4.06. The summed E-state index contributed by atoms with van der Waals surface area (Å²) in [5, 5.41) is 4.56. The highest BCUT2D eigenvalue weighted by Crippen LogP contribution is 2.37. The first-order chi connectivity index (χ1) is 16.4. The number of aryl methyl sites for hydroxylation is 1. The van der Waals surface area contributed by atoms with Crippen LogP contribution in [0.4, 0.5) is 10.5 Å². The minimum Gasteiger partial charge on any atom is -0.444 e. The van der Waals surface area contributed by atoms with Crippen LogP contribution in [0, 0.1) is 6.92 Å². The Morgan fingerprint density at radius 2 is 1.74 bits per heavy atom. The van der Waals surface area contributed by atoms with Gasteiger partial charge in [-0.15, -0.1) is 0 Å². The Hall–Kier alpha value is -3.23. The second kappa shape index (κ2) is 9.09. The van der Waals surface area contributed by atoms with Crippen molar-refractivity contribution >= 4 is 55.2 Å². The predicted octanol–water partition coefficient (Wildman–Crippen LogP) is 5.64. The summed E-state index contributed by atoms with van der Waals surface area (Å²) in [4.78, 5) is 12.3. The normalized spacial score (nSPS) is 12.3. The van der Waals surface area contributed by atoms with Crippen molar-refractivity contribution in [3.8, 4) is 0 Å². The summed E-state index contributed by atoms with van der Waals surface area (Å²) in [7, 11) is -3.96. The van der Waals surface area contributed by atoms with Gasteiger partial charge >= 0.3 is 6.09 Å². The average Bonchev–Trinajstić information content (AvgIpc) is 3.07. The fourth-order valence-corrected chi connectivity index (χ4v) is 5.79. The highest BCUT2D eigenvalue weighted by molar-refractivity contribution is 7.90. The molecule has 0 saturated carbocycles. The molecule has 4 aromatic rings. The van der Waals surface area contributed by atoms with Gasteiger partial charge in [-0.2, -0.15) is 0 Å². The minimum absolute atomic E-state index is 0.173. The van der Waals surface area contributed by atoms with E-state index >= 15 is 0 Å². The number of carbonyl (C=O) groups is 1.